The summed E-state index contributed by atoms with van der Waals surface area (Å²) in [5, 5.41) is 27.0. The van der Waals surface area contributed by atoms with Crippen molar-refractivity contribution < 1.29 is 43.5 Å². The third kappa shape index (κ3) is 4.57. The predicted molar refractivity (Wildman–Crippen MR) is 169 cm³/mol. The van der Waals surface area contributed by atoms with E-state index in [2.05, 4.69) is 10.2 Å². The second kappa shape index (κ2) is 11.8. The van der Waals surface area contributed by atoms with Gasteiger partial charge in [-0.1, -0.05) is 13.0 Å². The number of nitrogens with one attached hydrogen (secondary N) is 1. The van der Waals surface area contributed by atoms with Crippen molar-refractivity contribution in [3.63, 3.8) is 0 Å². The monoisotopic (exact) mass is 655 g/mol. The molecule has 1 unspecified atom stereocenters. The molecule has 6 aliphatic rings. The number of aliphatic hydroxyl groups is 1. The van der Waals surface area contributed by atoms with Crippen molar-refractivity contribution in [3.8, 4) is 28.7 Å². The molecule has 0 saturated carbocycles. The van der Waals surface area contributed by atoms with Crippen molar-refractivity contribution >= 4 is 23.7 Å². The van der Waals surface area contributed by atoms with Gasteiger partial charge in [0.25, 0.3) is 0 Å². The van der Waals surface area contributed by atoms with Gasteiger partial charge in [-0.05, 0) is 51.4 Å². The molecule has 2 saturated heterocycles. The number of fused-ring (bicyclic) bond motifs is 10. The smallest absolute Gasteiger partial charge is 0.324 e. The van der Waals surface area contributed by atoms with Crippen LogP contribution in [-0.2, 0) is 20.7 Å². The van der Waals surface area contributed by atoms with Crippen molar-refractivity contribution in [3.05, 3.63) is 39.4 Å². The highest BCUT2D eigenvalue weighted by molar-refractivity contribution is 7.99. The number of carbonyl (C=O) groups is 2. The lowest BCUT2D eigenvalue weighted by Gasteiger charge is -2.62. The molecule has 2 fully saturated rings. The number of phenols is 1. The van der Waals surface area contributed by atoms with E-state index in [0.29, 0.717) is 52.8 Å². The molecular formula is C33H41N3O9S. The molecule has 0 amide bonds. The Morgan fingerprint density at radius 1 is 1.15 bits per heavy atom. The molecule has 6 aliphatic heterocycles. The van der Waals surface area contributed by atoms with E-state index in [4.69, 9.17) is 23.7 Å². The van der Waals surface area contributed by atoms with E-state index < -0.39 is 41.6 Å². The highest BCUT2D eigenvalue weighted by Gasteiger charge is 2.60. The number of piperazine rings is 1. The molecule has 2 aromatic rings. The number of likely N-dealkylation sites (N-methyl/N-ethyl adjacent to an activating group) is 1. The first kappa shape index (κ1) is 31.4. The van der Waals surface area contributed by atoms with Gasteiger partial charge in [-0.3, -0.25) is 19.4 Å². The van der Waals surface area contributed by atoms with E-state index >= 15 is 0 Å². The van der Waals surface area contributed by atoms with Crippen molar-refractivity contribution in [1.29, 1.82) is 0 Å². The predicted octanol–water partition coefficient (Wildman–Crippen LogP) is 3.03. The number of ether oxygens (including phenoxy) is 5. The van der Waals surface area contributed by atoms with Gasteiger partial charge in [-0.25, -0.2) is 0 Å². The van der Waals surface area contributed by atoms with Crippen LogP contribution in [0.5, 0.6) is 28.7 Å². The molecule has 8 rings (SSSR count). The third-order valence-corrected chi connectivity index (χ3v) is 11.5. The maximum absolute atomic E-state index is 13.5. The summed E-state index contributed by atoms with van der Waals surface area (Å²) in [6.45, 7) is 7.72. The molecule has 248 valence electrons. The van der Waals surface area contributed by atoms with E-state index in [1.165, 1.54) is 6.92 Å². The molecule has 46 heavy (non-hydrogen) atoms. The number of esters is 2. The quantitative estimate of drug-likeness (QED) is 0.322. The first-order chi connectivity index (χ1) is 22.1. The zero-order chi connectivity index (χ0) is 32.6. The van der Waals surface area contributed by atoms with Gasteiger partial charge >= 0.3 is 11.9 Å². The largest absolute Gasteiger partial charge is 0.504 e. The van der Waals surface area contributed by atoms with Gasteiger partial charge < -0.3 is 39.2 Å². The normalized spacial score (nSPS) is 29.8. The van der Waals surface area contributed by atoms with Gasteiger partial charge in [0.15, 0.2) is 23.0 Å². The molecule has 3 N–H and O–H groups in total. The molecule has 13 heteroatoms. The molecule has 7 atom stereocenters. The summed E-state index contributed by atoms with van der Waals surface area (Å²) in [6, 6.07) is -0.358. The Kier molecular flexibility index (Phi) is 8.03. The average Bonchev–Trinajstić information content (AvgIpc) is 3.51. The molecule has 0 aromatic heterocycles. The fourth-order valence-corrected chi connectivity index (χ4v) is 9.78. The van der Waals surface area contributed by atoms with Gasteiger partial charge in [-0.15, -0.1) is 11.8 Å². The number of benzene rings is 2. The molecule has 2 aromatic carbocycles. The van der Waals surface area contributed by atoms with E-state index in [1.807, 2.05) is 38.8 Å². The van der Waals surface area contributed by atoms with Crippen LogP contribution in [0.25, 0.3) is 0 Å². The Morgan fingerprint density at radius 2 is 1.91 bits per heavy atom. The lowest BCUT2D eigenvalue weighted by atomic mass is 9.73. The first-order valence-electron chi connectivity index (χ1n) is 15.8. The first-order valence-corrected chi connectivity index (χ1v) is 16.9. The highest BCUT2D eigenvalue weighted by Crippen LogP contribution is 2.63. The SMILES string of the molecule is CCCN[C@H]1CS[C@@H]2c3c(OC(C)=O)c(C)c4c(c3[C@@H](COC1=O)N1C2[C@H]2c3c(cc(C)c(OC)c3O)C[C@@H]([C@@H]1O)N2C)OCO4. The third-order valence-electron chi connectivity index (χ3n) is 10.1. The summed E-state index contributed by atoms with van der Waals surface area (Å²) >= 11 is 1.54. The van der Waals surface area contributed by atoms with Gasteiger partial charge in [0, 0.05) is 41.0 Å². The van der Waals surface area contributed by atoms with E-state index in [9.17, 15) is 19.8 Å². The number of nitrogens with zero attached hydrogens (tertiary/aromatic N) is 2. The van der Waals surface area contributed by atoms with Crippen molar-refractivity contribution in [2.45, 2.75) is 82.2 Å². The van der Waals surface area contributed by atoms with Crippen LogP contribution in [-0.4, -0.2) is 96.2 Å². The summed E-state index contributed by atoms with van der Waals surface area (Å²) in [6.07, 6.45) is 0.376. The maximum atomic E-state index is 13.5. The summed E-state index contributed by atoms with van der Waals surface area (Å²) in [5.74, 6) is 1.38. The fraction of sp³-hybridized carbons (Fsp3) is 0.576. The Bertz CT molecular complexity index is 1600. The minimum Gasteiger partial charge on any atom is -0.504 e. The minimum atomic E-state index is -0.964. The van der Waals surface area contributed by atoms with Crippen molar-refractivity contribution in [2.24, 2.45) is 0 Å². The van der Waals surface area contributed by atoms with Crippen molar-refractivity contribution in [1.82, 2.24) is 15.1 Å². The van der Waals surface area contributed by atoms with Crippen LogP contribution in [0.1, 0.15) is 71.0 Å². The van der Waals surface area contributed by atoms with Crippen LogP contribution in [0.15, 0.2) is 6.07 Å². The summed E-state index contributed by atoms with van der Waals surface area (Å²) in [5.41, 5.74) is 4.60. The minimum absolute atomic E-state index is 0.0141. The number of thioether (sulfide) groups is 1. The second-order valence-corrected chi connectivity index (χ2v) is 13.9. The number of hydrogen-bond donors (Lipinski definition) is 3. The molecular weight excluding hydrogens is 614 g/mol. The van der Waals surface area contributed by atoms with Crippen LogP contribution in [0.4, 0.5) is 0 Å². The molecule has 0 spiro atoms. The van der Waals surface area contributed by atoms with E-state index in [0.717, 1.165) is 28.7 Å². The summed E-state index contributed by atoms with van der Waals surface area (Å²) < 4.78 is 29.8. The number of phenolic OH excluding ortho intramolecular Hbond substituents is 1. The van der Waals surface area contributed by atoms with Gasteiger partial charge in [0.05, 0.1) is 30.5 Å². The lowest BCUT2D eigenvalue weighted by Crippen LogP contribution is -2.69. The number of hydrogen-bond acceptors (Lipinski definition) is 13. The Labute approximate surface area is 272 Å². The summed E-state index contributed by atoms with van der Waals surface area (Å²) in [7, 11) is 3.53. The number of aliphatic hydroxyl groups excluding tert-OH is 1. The van der Waals surface area contributed by atoms with Gasteiger partial charge in [0.1, 0.15) is 24.6 Å². The zero-order valence-electron chi connectivity index (χ0n) is 26.9. The maximum Gasteiger partial charge on any atom is 0.324 e. The van der Waals surface area contributed by atoms with Crippen molar-refractivity contribution in [2.75, 3.05) is 39.9 Å². The number of aromatic hydroxyl groups is 1. The molecule has 6 heterocycles. The lowest BCUT2D eigenvalue weighted by molar-refractivity contribution is -0.184. The molecule has 0 aliphatic carbocycles. The van der Waals surface area contributed by atoms with Crippen LogP contribution >= 0.6 is 11.8 Å². The number of methoxy groups -OCH3 is 1. The van der Waals surface area contributed by atoms with Crippen LogP contribution < -0.4 is 24.3 Å². The van der Waals surface area contributed by atoms with E-state index in [1.54, 1.807) is 18.9 Å². The highest BCUT2D eigenvalue weighted by atomic mass is 32.2. The average molecular weight is 656 g/mol. The van der Waals surface area contributed by atoms with Crippen LogP contribution in [0.2, 0.25) is 0 Å². The Balaban J connectivity index is 1.51. The standard InChI is InChI=1S/C33H41N3O9S/c1-7-8-34-18-12-46-31-23-22(30-29(43-13-44-30)15(3)28(23)45-16(4)37)20(11-42-33(18)40)36-25(31)24-21-17(10-19(32(36)39)35(24)5)9-14(2)27(41-6)26(21)38/h9,18-20,24-25,31-32,34,38-39H,7-8,10-13H2,1-6H3/t18-,19-,20+,24+,25?,31+,32-/m0/s1. The van der Waals surface area contributed by atoms with Gasteiger partial charge in [-0.2, -0.15) is 0 Å². The Hall–Kier alpha value is -3.23. The van der Waals surface area contributed by atoms with Gasteiger partial charge in [0.2, 0.25) is 6.79 Å². The van der Waals surface area contributed by atoms with Crippen LogP contribution in [0, 0.1) is 13.8 Å². The second-order valence-electron chi connectivity index (χ2n) is 12.7. The topological polar surface area (TPSA) is 139 Å². The van der Waals surface area contributed by atoms with E-state index in [-0.39, 0.29) is 31.2 Å². The number of carbonyl (C=O) groups excluding carboxylic acids is 2. The molecule has 4 bridgehead atoms. The Morgan fingerprint density at radius 3 is 2.63 bits per heavy atom. The molecule has 0 radical (unpaired) electrons. The number of aryl methyl sites for hydroxylation is 1. The van der Waals surface area contributed by atoms with Crippen LogP contribution in [0.3, 0.4) is 0 Å². The zero-order valence-corrected chi connectivity index (χ0v) is 27.7. The fourth-order valence-electron chi connectivity index (χ4n) is 8.24. The number of rotatable bonds is 5. The molecule has 12 nitrogen and oxygen atoms in total. The summed E-state index contributed by atoms with van der Waals surface area (Å²) in [4.78, 5) is 30.3.